The monoisotopic (exact) mass is 462 g/mol. The van der Waals surface area contributed by atoms with Gasteiger partial charge in [0.1, 0.15) is 6.04 Å². The fraction of sp³-hybridized carbons (Fsp3) is 0.346. The molecule has 2 amide bonds. The van der Waals surface area contributed by atoms with Gasteiger partial charge in [0.2, 0.25) is 11.8 Å². The van der Waals surface area contributed by atoms with E-state index in [0.717, 1.165) is 24.1 Å². The molecule has 5 atom stereocenters. The van der Waals surface area contributed by atoms with E-state index in [2.05, 4.69) is 0 Å². The third kappa shape index (κ3) is 3.15. The number of benzene rings is 2. The second kappa shape index (κ2) is 7.82. The van der Waals surface area contributed by atoms with Crippen molar-refractivity contribution in [3.05, 3.63) is 70.8 Å². The summed E-state index contributed by atoms with van der Waals surface area (Å²) in [6.07, 6.45) is 5.52. The van der Waals surface area contributed by atoms with Crippen LogP contribution in [0.3, 0.4) is 0 Å². The van der Waals surface area contributed by atoms with Crippen molar-refractivity contribution in [1.29, 1.82) is 0 Å². The van der Waals surface area contributed by atoms with Crippen molar-refractivity contribution >= 4 is 41.0 Å². The Morgan fingerprint density at radius 3 is 2.61 bits per heavy atom. The first kappa shape index (κ1) is 20.6. The van der Waals surface area contributed by atoms with Gasteiger partial charge in [0.15, 0.2) is 5.78 Å². The van der Waals surface area contributed by atoms with E-state index in [4.69, 9.17) is 16.3 Å². The van der Waals surface area contributed by atoms with Crippen molar-refractivity contribution in [3.63, 3.8) is 0 Å². The number of fused-ring (bicyclic) bond motifs is 5. The maximum Gasteiger partial charge on any atom is 0.235 e. The number of ether oxygens (including phenoxy) is 1. The molecule has 3 fully saturated rings. The number of halogens is 1. The van der Waals surface area contributed by atoms with Gasteiger partial charge in [-0.2, -0.15) is 0 Å². The zero-order valence-corrected chi connectivity index (χ0v) is 18.6. The molecular weight excluding hydrogens is 440 g/mol. The van der Waals surface area contributed by atoms with Crippen LogP contribution in [0, 0.1) is 11.8 Å². The van der Waals surface area contributed by atoms with Gasteiger partial charge >= 0.3 is 0 Å². The minimum atomic E-state index is -0.766. The molecule has 2 aromatic rings. The highest BCUT2D eigenvalue weighted by atomic mass is 35.5. The summed E-state index contributed by atoms with van der Waals surface area (Å²) in [5.41, 5.74) is 2.23. The van der Waals surface area contributed by atoms with Gasteiger partial charge < -0.3 is 9.64 Å². The number of hydrogen-bond acceptors (Lipinski definition) is 5. The van der Waals surface area contributed by atoms with E-state index in [-0.39, 0.29) is 36.3 Å². The minimum Gasteiger partial charge on any atom is -0.376 e. The molecule has 0 bridgehead atoms. The predicted molar refractivity (Wildman–Crippen MR) is 124 cm³/mol. The second-order valence-electron chi connectivity index (χ2n) is 9.11. The molecule has 4 heterocycles. The van der Waals surface area contributed by atoms with Crippen molar-refractivity contribution in [1.82, 2.24) is 4.90 Å². The van der Waals surface area contributed by atoms with Gasteiger partial charge in [-0.1, -0.05) is 54.1 Å². The maximum absolute atomic E-state index is 13.8. The van der Waals surface area contributed by atoms with Crippen LogP contribution in [-0.4, -0.2) is 53.8 Å². The molecule has 3 saturated heterocycles. The molecule has 0 radical (unpaired) electrons. The van der Waals surface area contributed by atoms with E-state index in [9.17, 15) is 14.4 Å². The number of Topliss-reactive ketones (excluding diaryl/α,β-unsaturated/α-hetero) is 1. The standard InChI is InChI=1S/C26H23ClN2O4/c27-17-9-11-19-16(13-17)8-10-20-21-22(23(29(19)20)24(30)15-5-2-1-3-6-15)26(32)28(25(21)31)14-18-7-4-12-33-18/h1-3,5-6,8-11,13,18,20-23H,4,7,12,14H2/t18-,20-,21+,22+,23-/m0/s1. The number of rotatable bonds is 4. The van der Waals surface area contributed by atoms with E-state index in [0.29, 0.717) is 17.2 Å². The molecule has 4 aliphatic rings. The molecule has 0 spiro atoms. The lowest BCUT2D eigenvalue weighted by atomic mass is 9.86. The first-order valence-corrected chi connectivity index (χ1v) is 11.7. The summed E-state index contributed by atoms with van der Waals surface area (Å²) < 4.78 is 5.69. The molecular formula is C26H23ClN2O4. The molecule has 0 N–H and O–H groups in total. The van der Waals surface area contributed by atoms with Gasteiger partial charge in [-0.3, -0.25) is 19.3 Å². The average molecular weight is 463 g/mol. The van der Waals surface area contributed by atoms with Crippen LogP contribution in [-0.2, 0) is 14.3 Å². The van der Waals surface area contributed by atoms with Crippen LogP contribution in [0.5, 0.6) is 0 Å². The van der Waals surface area contributed by atoms with E-state index >= 15 is 0 Å². The second-order valence-corrected chi connectivity index (χ2v) is 9.55. The first-order valence-electron chi connectivity index (χ1n) is 11.4. The number of amides is 2. The van der Waals surface area contributed by atoms with Gasteiger partial charge in [0.25, 0.3) is 0 Å². The Morgan fingerprint density at radius 1 is 1.06 bits per heavy atom. The van der Waals surface area contributed by atoms with Crippen molar-refractivity contribution < 1.29 is 19.1 Å². The van der Waals surface area contributed by atoms with Crippen LogP contribution in [0.4, 0.5) is 5.69 Å². The summed E-state index contributed by atoms with van der Waals surface area (Å²) in [5.74, 6) is -1.96. The fourth-order valence-corrected chi connectivity index (χ4v) is 6.03. The van der Waals surface area contributed by atoms with Crippen molar-refractivity contribution in [3.8, 4) is 0 Å². The summed E-state index contributed by atoms with van der Waals surface area (Å²) in [6.45, 7) is 0.918. The number of nitrogens with zero attached hydrogens (tertiary/aromatic N) is 2. The van der Waals surface area contributed by atoms with Gasteiger partial charge in [-0.25, -0.2) is 0 Å². The number of imide groups is 1. The molecule has 2 aromatic carbocycles. The van der Waals surface area contributed by atoms with Crippen molar-refractivity contribution in [2.24, 2.45) is 11.8 Å². The highest BCUT2D eigenvalue weighted by molar-refractivity contribution is 6.30. The van der Waals surface area contributed by atoms with Crippen LogP contribution in [0.25, 0.3) is 6.08 Å². The van der Waals surface area contributed by atoms with Gasteiger partial charge in [0.05, 0.1) is 30.5 Å². The molecule has 0 unspecified atom stereocenters. The molecule has 6 nitrogen and oxygen atoms in total. The Kier molecular flexibility index (Phi) is 4.89. The smallest absolute Gasteiger partial charge is 0.235 e. The quantitative estimate of drug-likeness (QED) is 0.513. The molecule has 168 valence electrons. The van der Waals surface area contributed by atoms with Crippen LogP contribution in [0.15, 0.2) is 54.6 Å². The summed E-state index contributed by atoms with van der Waals surface area (Å²) in [7, 11) is 0. The number of carbonyl (C=O) groups is 3. The van der Waals surface area contributed by atoms with E-state index in [1.165, 1.54) is 4.90 Å². The van der Waals surface area contributed by atoms with Crippen molar-refractivity contribution in [2.45, 2.75) is 31.0 Å². The van der Waals surface area contributed by atoms with Gasteiger partial charge in [0, 0.05) is 22.9 Å². The average Bonchev–Trinajstić information content (AvgIpc) is 3.52. The van der Waals surface area contributed by atoms with Crippen LogP contribution >= 0.6 is 11.6 Å². The lowest BCUT2D eigenvalue weighted by molar-refractivity contribution is -0.142. The molecule has 4 aliphatic heterocycles. The van der Waals surface area contributed by atoms with E-state index in [1.54, 1.807) is 18.2 Å². The zero-order valence-electron chi connectivity index (χ0n) is 17.9. The topological polar surface area (TPSA) is 66.9 Å². The lowest BCUT2D eigenvalue weighted by Gasteiger charge is -2.36. The minimum absolute atomic E-state index is 0.124. The normalized spacial score (nSPS) is 29.9. The Hall–Kier alpha value is -2.96. The third-order valence-corrected chi connectivity index (χ3v) is 7.53. The number of hydrogen-bond donors (Lipinski definition) is 0. The number of anilines is 1. The number of carbonyl (C=O) groups excluding carboxylic acids is 3. The Labute approximate surface area is 196 Å². The Bertz CT molecular complexity index is 1170. The van der Waals surface area contributed by atoms with E-state index in [1.807, 2.05) is 47.4 Å². The summed E-state index contributed by atoms with van der Waals surface area (Å²) >= 11 is 6.21. The van der Waals surface area contributed by atoms with Gasteiger partial charge in [-0.05, 0) is 36.6 Å². The molecule has 0 aliphatic carbocycles. The number of likely N-dealkylation sites (tertiary alicyclic amines) is 1. The third-order valence-electron chi connectivity index (χ3n) is 7.30. The maximum atomic E-state index is 13.8. The highest BCUT2D eigenvalue weighted by Crippen LogP contribution is 2.49. The molecule has 33 heavy (non-hydrogen) atoms. The molecule has 0 aromatic heterocycles. The highest BCUT2D eigenvalue weighted by Gasteiger charge is 2.64. The SMILES string of the molecule is O=C(c1ccccc1)[C@@H]1[C@@H]2C(=O)N(C[C@@H]3CCCO3)C(=O)[C@@H]2[C@@H]2C=Cc3cc(Cl)ccc3N12. The molecule has 0 saturated carbocycles. The number of ketones is 1. The van der Waals surface area contributed by atoms with Crippen LogP contribution < -0.4 is 4.90 Å². The van der Waals surface area contributed by atoms with Gasteiger partial charge in [-0.15, -0.1) is 0 Å². The lowest BCUT2D eigenvalue weighted by Crippen LogP contribution is -2.49. The predicted octanol–water partition coefficient (Wildman–Crippen LogP) is 3.59. The molecule has 6 rings (SSSR count). The molecule has 7 heteroatoms. The summed E-state index contributed by atoms with van der Waals surface area (Å²) in [4.78, 5) is 44.4. The Balaban J connectivity index is 1.44. The largest absolute Gasteiger partial charge is 0.376 e. The van der Waals surface area contributed by atoms with E-state index < -0.39 is 17.9 Å². The van der Waals surface area contributed by atoms with Crippen LogP contribution in [0.1, 0.15) is 28.8 Å². The fourth-order valence-electron chi connectivity index (χ4n) is 5.85. The zero-order chi connectivity index (χ0) is 22.7. The van der Waals surface area contributed by atoms with Crippen molar-refractivity contribution in [2.75, 3.05) is 18.1 Å². The summed E-state index contributed by atoms with van der Waals surface area (Å²) in [6, 6.07) is 13.4. The Morgan fingerprint density at radius 2 is 1.85 bits per heavy atom. The summed E-state index contributed by atoms with van der Waals surface area (Å²) in [5, 5.41) is 0.595. The van der Waals surface area contributed by atoms with Crippen LogP contribution in [0.2, 0.25) is 5.02 Å². The first-order chi connectivity index (χ1) is 16.0.